The van der Waals surface area contributed by atoms with E-state index >= 15 is 0 Å². The first-order chi connectivity index (χ1) is 14.2. The first-order valence-electron chi connectivity index (χ1n) is 9.67. The van der Waals surface area contributed by atoms with Crippen molar-refractivity contribution in [2.24, 2.45) is 0 Å². The minimum Gasteiger partial charge on any atom is -0.476 e. The predicted molar refractivity (Wildman–Crippen MR) is 126 cm³/mol. The van der Waals surface area contributed by atoms with E-state index in [1.807, 2.05) is 60.7 Å². The second-order valence-corrected chi connectivity index (χ2v) is 7.78. The number of aldehydes is 1. The van der Waals surface area contributed by atoms with Gasteiger partial charge in [0.15, 0.2) is 6.29 Å². The van der Waals surface area contributed by atoms with E-state index in [0.29, 0.717) is 5.56 Å². The maximum Gasteiger partial charge on any atom is 0.150 e. The van der Waals surface area contributed by atoms with Gasteiger partial charge in [-0.15, -0.1) is 0 Å². The molecule has 3 aromatic carbocycles. The van der Waals surface area contributed by atoms with Crippen molar-refractivity contribution < 1.29 is 9.32 Å². The summed E-state index contributed by atoms with van der Waals surface area (Å²) < 4.78 is 6.32. The molecule has 146 valence electrons. The Bertz CT molecular complexity index is 1020. The summed E-state index contributed by atoms with van der Waals surface area (Å²) in [6, 6.07) is 21.7. The summed E-state index contributed by atoms with van der Waals surface area (Å²) >= 11 is 0. The van der Waals surface area contributed by atoms with Crippen molar-refractivity contribution >= 4 is 27.2 Å². The lowest BCUT2D eigenvalue weighted by molar-refractivity contribution is 0.112. The Labute approximate surface area is 174 Å². The van der Waals surface area contributed by atoms with Gasteiger partial charge in [-0.05, 0) is 34.7 Å². The molecule has 0 aromatic heterocycles. The lowest BCUT2D eigenvalue weighted by Crippen LogP contribution is -1.99. The van der Waals surface area contributed by atoms with Crippen LogP contribution in [0.4, 0.5) is 0 Å². The van der Waals surface area contributed by atoms with E-state index in [0.717, 1.165) is 40.7 Å². The Kier molecular flexibility index (Phi) is 7.16. The fourth-order valence-corrected chi connectivity index (χ4v) is 4.44. The third kappa shape index (κ3) is 4.55. The van der Waals surface area contributed by atoms with Crippen molar-refractivity contribution in [3.63, 3.8) is 0 Å². The van der Waals surface area contributed by atoms with E-state index in [1.54, 1.807) is 0 Å². The number of hydrogen-bond acceptors (Lipinski definition) is 2. The zero-order valence-electron chi connectivity index (χ0n) is 16.6. The highest BCUT2D eigenvalue weighted by Gasteiger charge is 2.17. The molecule has 3 aromatic rings. The molecule has 3 heteroatoms. The number of carbonyl (C=O) groups is 1. The number of carbonyl (C=O) groups excluding carboxylic acids is 1. The molecule has 2 unspecified atom stereocenters. The van der Waals surface area contributed by atoms with Gasteiger partial charge in [-0.3, -0.25) is 4.79 Å². The smallest absolute Gasteiger partial charge is 0.150 e. The van der Waals surface area contributed by atoms with Gasteiger partial charge in [-0.2, -0.15) is 0 Å². The highest BCUT2D eigenvalue weighted by atomic mass is 31.1. The maximum atomic E-state index is 11.5. The molecular weight excluding hydrogens is 375 g/mol. The maximum absolute atomic E-state index is 11.5. The van der Waals surface area contributed by atoms with Crippen LogP contribution in [0.15, 0.2) is 79.9 Å². The lowest BCUT2D eigenvalue weighted by atomic mass is 9.97. The monoisotopic (exact) mass is 400 g/mol. The second kappa shape index (κ2) is 10.0. The fraction of sp³-hybridized carbons (Fsp3) is 0.115. The van der Waals surface area contributed by atoms with E-state index in [9.17, 15) is 4.79 Å². The van der Waals surface area contributed by atoms with Crippen LogP contribution in [-0.4, -0.2) is 6.29 Å². The number of hydrogen-bond donors (Lipinski definition) is 0. The van der Waals surface area contributed by atoms with Crippen LogP contribution in [0, 0.1) is 0 Å². The van der Waals surface area contributed by atoms with Crippen LogP contribution in [0.5, 0.6) is 5.75 Å². The van der Waals surface area contributed by atoms with Gasteiger partial charge in [0.05, 0.1) is 8.81 Å². The van der Waals surface area contributed by atoms with Crippen LogP contribution >= 0.6 is 8.81 Å². The third-order valence-electron chi connectivity index (χ3n) is 4.96. The quantitative estimate of drug-likeness (QED) is 0.273. The number of rotatable bonds is 9. The molecule has 0 saturated carbocycles. The van der Waals surface area contributed by atoms with E-state index < -0.39 is 0 Å². The highest BCUT2D eigenvalue weighted by Crippen LogP contribution is 2.44. The van der Waals surface area contributed by atoms with Gasteiger partial charge in [0.25, 0.3) is 0 Å². The van der Waals surface area contributed by atoms with E-state index in [1.165, 1.54) is 5.56 Å². The van der Waals surface area contributed by atoms with Crippen molar-refractivity contribution in [1.29, 1.82) is 0 Å². The Morgan fingerprint density at radius 2 is 1.59 bits per heavy atom. The molecule has 0 bridgehead atoms. The van der Waals surface area contributed by atoms with Crippen LogP contribution in [0.25, 0.3) is 23.3 Å². The molecule has 0 aliphatic carbocycles. The molecule has 0 fully saturated rings. The summed E-state index contributed by atoms with van der Waals surface area (Å²) in [5.74, 6) is 0.790. The molecule has 0 heterocycles. The minimum atomic E-state index is 0.244. The van der Waals surface area contributed by atoms with Crippen molar-refractivity contribution in [2.75, 3.05) is 0 Å². The molecular formula is C26H25O2P. The molecule has 0 N–H and O–H groups in total. The van der Waals surface area contributed by atoms with Crippen LogP contribution in [0.2, 0.25) is 0 Å². The number of para-hydroxylation sites is 1. The molecule has 2 atom stereocenters. The van der Waals surface area contributed by atoms with Crippen LogP contribution in [0.3, 0.4) is 0 Å². The lowest BCUT2D eigenvalue weighted by Gasteiger charge is -2.21. The summed E-state index contributed by atoms with van der Waals surface area (Å²) in [5, 5.41) is 0. The van der Waals surface area contributed by atoms with Gasteiger partial charge in [-0.1, -0.05) is 92.9 Å². The SMILES string of the molecule is C=Cc1cccc(C(CC)POc2ccccc2-c2ccccc2C=O)c1C=C. The predicted octanol–water partition coefficient (Wildman–Crippen LogP) is 7.58. The van der Waals surface area contributed by atoms with Gasteiger partial charge in [0, 0.05) is 16.8 Å². The first-order valence-corrected chi connectivity index (χ1v) is 10.7. The molecule has 2 nitrogen and oxygen atoms in total. The number of benzene rings is 3. The average molecular weight is 400 g/mol. The van der Waals surface area contributed by atoms with Crippen molar-refractivity contribution in [3.05, 3.63) is 102 Å². The van der Waals surface area contributed by atoms with Gasteiger partial charge in [0.1, 0.15) is 5.75 Å². The highest BCUT2D eigenvalue weighted by molar-refractivity contribution is 7.33. The van der Waals surface area contributed by atoms with Gasteiger partial charge < -0.3 is 4.52 Å². The first kappa shape index (κ1) is 20.8. The van der Waals surface area contributed by atoms with E-state index in [4.69, 9.17) is 4.52 Å². The summed E-state index contributed by atoms with van der Waals surface area (Å²) in [6.45, 7) is 10.1. The van der Waals surface area contributed by atoms with E-state index in [-0.39, 0.29) is 14.5 Å². The second-order valence-electron chi connectivity index (χ2n) is 6.64. The normalized spacial score (nSPS) is 11.9. The molecule has 0 aliphatic rings. The third-order valence-corrected chi connectivity index (χ3v) is 6.30. The Balaban J connectivity index is 1.91. The van der Waals surface area contributed by atoms with Crippen molar-refractivity contribution in [2.45, 2.75) is 19.0 Å². The molecule has 0 radical (unpaired) electrons. The molecule has 3 rings (SSSR count). The summed E-state index contributed by atoms with van der Waals surface area (Å²) in [5.41, 5.74) is 6.15. The molecule has 0 amide bonds. The summed E-state index contributed by atoms with van der Waals surface area (Å²) in [6.07, 6.45) is 5.60. The topological polar surface area (TPSA) is 26.3 Å². The molecule has 29 heavy (non-hydrogen) atoms. The zero-order chi connectivity index (χ0) is 20.6. The molecule has 0 spiro atoms. The summed E-state index contributed by atoms with van der Waals surface area (Å²) in [4.78, 5) is 11.5. The fourth-order valence-electron chi connectivity index (χ4n) is 3.44. The Morgan fingerprint density at radius 3 is 2.28 bits per heavy atom. The van der Waals surface area contributed by atoms with Crippen LogP contribution in [0.1, 0.15) is 46.1 Å². The van der Waals surface area contributed by atoms with Crippen molar-refractivity contribution in [3.8, 4) is 16.9 Å². The minimum absolute atomic E-state index is 0.244. The largest absolute Gasteiger partial charge is 0.476 e. The average Bonchev–Trinajstić information content (AvgIpc) is 2.79. The standard InChI is InChI=1S/C26H25O2P/c1-4-19-13-11-16-24(21(19)5-2)26(6-3)29-28-25-17-10-9-15-23(25)22-14-8-7-12-20(22)18-27/h4-5,7-18,26,29H,1-2,6H2,3H3. The van der Waals surface area contributed by atoms with Crippen molar-refractivity contribution in [1.82, 2.24) is 0 Å². The molecule has 0 saturated heterocycles. The summed E-state index contributed by atoms with van der Waals surface area (Å²) in [7, 11) is 0.244. The van der Waals surface area contributed by atoms with Gasteiger partial charge in [0.2, 0.25) is 0 Å². The van der Waals surface area contributed by atoms with Crippen LogP contribution < -0.4 is 4.52 Å². The van der Waals surface area contributed by atoms with Gasteiger partial charge >= 0.3 is 0 Å². The van der Waals surface area contributed by atoms with E-state index in [2.05, 4.69) is 38.3 Å². The zero-order valence-corrected chi connectivity index (χ0v) is 17.6. The Morgan fingerprint density at radius 1 is 0.897 bits per heavy atom. The van der Waals surface area contributed by atoms with Crippen LogP contribution in [-0.2, 0) is 0 Å². The Hall–Kier alpha value is -2.96. The molecule has 0 aliphatic heterocycles. The van der Waals surface area contributed by atoms with Gasteiger partial charge in [-0.25, -0.2) is 0 Å².